The van der Waals surface area contributed by atoms with Gasteiger partial charge in [-0.3, -0.25) is 0 Å². The smallest absolute Gasteiger partial charge is 0.196 e. The minimum Gasteiger partial charge on any atom is -0.469 e. The number of rotatable bonds is 2. The first-order valence-electron chi connectivity index (χ1n) is 8.22. The van der Waals surface area contributed by atoms with E-state index in [0.717, 1.165) is 28.0 Å². The average molecular weight is 368 g/mol. The molecule has 0 aliphatic carbocycles. The second kappa shape index (κ2) is 5.93. The van der Waals surface area contributed by atoms with E-state index in [1.54, 1.807) is 17.4 Å². The molecule has 0 saturated heterocycles. The number of nitrogens with one attached hydrogen (secondary N) is 1. The lowest BCUT2D eigenvalue weighted by molar-refractivity contribution is -0.0328. The van der Waals surface area contributed by atoms with Crippen LogP contribution in [-0.2, 0) is 0 Å². The first kappa shape index (κ1) is 15.5. The van der Waals surface area contributed by atoms with Crippen molar-refractivity contribution in [1.29, 1.82) is 0 Å². The second-order valence-corrected chi connectivity index (χ2v) is 7.15. The molecule has 6 heteroatoms. The van der Waals surface area contributed by atoms with Crippen molar-refractivity contribution in [2.45, 2.75) is 12.3 Å². The van der Waals surface area contributed by atoms with Crippen LogP contribution in [0, 0.1) is 11.6 Å². The molecular formula is C20H14F2N2OS. The molecule has 2 aromatic carbocycles. The topological polar surface area (TPSA) is 24.5 Å². The van der Waals surface area contributed by atoms with Crippen LogP contribution < -0.4 is 10.2 Å². The lowest BCUT2D eigenvalue weighted by Crippen LogP contribution is -2.43. The van der Waals surface area contributed by atoms with Crippen LogP contribution in [0.25, 0.3) is 5.70 Å². The summed E-state index contributed by atoms with van der Waals surface area (Å²) in [6.45, 7) is 0. The lowest BCUT2D eigenvalue weighted by atomic mass is 10.0. The molecule has 2 aliphatic heterocycles. The molecule has 3 aromatic rings. The normalized spacial score (nSPS) is 21.4. The van der Waals surface area contributed by atoms with E-state index >= 15 is 0 Å². The molecule has 130 valence electrons. The number of nitrogens with zero attached hydrogens (tertiary/aromatic N) is 1. The number of ether oxygens (including phenoxy) is 1. The van der Waals surface area contributed by atoms with E-state index in [1.165, 1.54) is 6.07 Å². The van der Waals surface area contributed by atoms with Crippen molar-refractivity contribution in [3.05, 3.63) is 93.7 Å². The Morgan fingerprint density at radius 2 is 1.88 bits per heavy atom. The molecule has 3 heterocycles. The number of fused-ring (bicyclic) bond motifs is 3. The molecule has 5 rings (SSSR count). The summed E-state index contributed by atoms with van der Waals surface area (Å²) in [4.78, 5) is 1.11. The van der Waals surface area contributed by atoms with E-state index in [9.17, 15) is 8.78 Å². The van der Waals surface area contributed by atoms with E-state index in [0.29, 0.717) is 5.56 Å². The fourth-order valence-electron chi connectivity index (χ4n) is 3.40. The van der Waals surface area contributed by atoms with Crippen LogP contribution in [0.5, 0.6) is 5.75 Å². The molecule has 2 aliphatic rings. The van der Waals surface area contributed by atoms with Gasteiger partial charge in [0.1, 0.15) is 5.75 Å². The van der Waals surface area contributed by atoms with Gasteiger partial charge in [0.05, 0.1) is 16.6 Å². The third-order valence-electron chi connectivity index (χ3n) is 4.62. The van der Waals surface area contributed by atoms with Gasteiger partial charge in [-0.15, -0.1) is 11.3 Å². The third-order valence-corrected chi connectivity index (χ3v) is 5.52. The Labute approximate surface area is 153 Å². The molecule has 0 unspecified atom stereocenters. The minimum atomic E-state index is -0.882. The Balaban J connectivity index is 1.60. The fraction of sp³-hybridized carbons (Fsp3) is 0.100. The highest BCUT2D eigenvalue weighted by Gasteiger charge is 2.40. The summed E-state index contributed by atoms with van der Waals surface area (Å²) in [7, 11) is 0. The molecule has 0 radical (unpaired) electrons. The minimum absolute atomic E-state index is 0.0600. The lowest BCUT2D eigenvalue weighted by Gasteiger charge is -2.38. The highest BCUT2D eigenvalue weighted by atomic mass is 32.1. The van der Waals surface area contributed by atoms with E-state index in [-0.39, 0.29) is 6.04 Å². The van der Waals surface area contributed by atoms with Gasteiger partial charge in [-0.05, 0) is 35.7 Å². The summed E-state index contributed by atoms with van der Waals surface area (Å²) in [5.74, 6) is -1.01. The van der Waals surface area contributed by atoms with Gasteiger partial charge >= 0.3 is 0 Å². The summed E-state index contributed by atoms with van der Waals surface area (Å²) in [6.07, 6.45) is 1.57. The molecule has 1 aromatic heterocycles. The molecule has 0 fully saturated rings. The molecule has 26 heavy (non-hydrogen) atoms. The largest absolute Gasteiger partial charge is 0.469 e. The standard InChI is InChI=1S/C20H14F2N2OS/c21-14-8-7-12(10-15(14)22)20-24-17(13-4-1-2-5-18(13)25-20)11-16(23-24)19-6-3-9-26-19/h1-11,17,20,23H/t17-,20+/m1/s1. The molecule has 0 saturated carbocycles. The number of halogens is 2. The van der Waals surface area contributed by atoms with Gasteiger partial charge in [-0.1, -0.05) is 30.3 Å². The quantitative estimate of drug-likeness (QED) is 0.687. The maximum atomic E-state index is 13.8. The van der Waals surface area contributed by atoms with Gasteiger partial charge in [0.2, 0.25) is 0 Å². The van der Waals surface area contributed by atoms with Gasteiger partial charge in [-0.25, -0.2) is 8.78 Å². The number of hydrogen-bond acceptors (Lipinski definition) is 4. The van der Waals surface area contributed by atoms with Gasteiger partial charge in [0.25, 0.3) is 0 Å². The van der Waals surface area contributed by atoms with Crippen molar-refractivity contribution in [2.24, 2.45) is 0 Å². The molecule has 3 nitrogen and oxygen atoms in total. The van der Waals surface area contributed by atoms with E-state index < -0.39 is 17.9 Å². The predicted octanol–water partition coefficient (Wildman–Crippen LogP) is 5.02. The Kier molecular flexibility index (Phi) is 3.55. The number of hydrazine groups is 1. The Morgan fingerprint density at radius 1 is 1.00 bits per heavy atom. The molecular weight excluding hydrogens is 354 g/mol. The SMILES string of the molecule is Fc1ccc([C@@H]2Oc3ccccc3[C@H]3C=C(c4cccs4)NN32)cc1F. The monoisotopic (exact) mass is 368 g/mol. The van der Waals surface area contributed by atoms with Crippen LogP contribution in [0.15, 0.2) is 66.1 Å². The van der Waals surface area contributed by atoms with Crippen molar-refractivity contribution in [3.63, 3.8) is 0 Å². The summed E-state index contributed by atoms with van der Waals surface area (Å²) in [5, 5.41) is 3.95. The van der Waals surface area contributed by atoms with E-state index in [2.05, 4.69) is 11.5 Å². The van der Waals surface area contributed by atoms with Crippen molar-refractivity contribution in [3.8, 4) is 5.75 Å². The van der Waals surface area contributed by atoms with Crippen LogP contribution in [-0.4, -0.2) is 5.01 Å². The molecule has 2 atom stereocenters. The van der Waals surface area contributed by atoms with Gasteiger partial charge in [-0.2, -0.15) is 5.01 Å². The summed E-state index contributed by atoms with van der Waals surface area (Å²) < 4.78 is 33.3. The van der Waals surface area contributed by atoms with Crippen molar-refractivity contribution in [2.75, 3.05) is 0 Å². The first-order valence-corrected chi connectivity index (χ1v) is 9.10. The predicted molar refractivity (Wildman–Crippen MR) is 96.2 cm³/mol. The van der Waals surface area contributed by atoms with Crippen LogP contribution in [0.2, 0.25) is 0 Å². The number of thiophene rings is 1. The van der Waals surface area contributed by atoms with E-state index in [1.807, 2.05) is 46.8 Å². The first-order chi connectivity index (χ1) is 12.7. The third kappa shape index (κ3) is 2.41. The van der Waals surface area contributed by atoms with Gasteiger partial charge in [0, 0.05) is 11.1 Å². The van der Waals surface area contributed by atoms with E-state index in [4.69, 9.17) is 4.74 Å². The zero-order valence-electron chi connectivity index (χ0n) is 13.5. The van der Waals surface area contributed by atoms with Crippen LogP contribution >= 0.6 is 11.3 Å². The summed E-state index contributed by atoms with van der Waals surface area (Å²) in [5.41, 5.74) is 5.95. The van der Waals surface area contributed by atoms with Crippen LogP contribution in [0.1, 0.15) is 28.3 Å². The van der Waals surface area contributed by atoms with Crippen LogP contribution in [0.3, 0.4) is 0 Å². The molecule has 0 bridgehead atoms. The Bertz CT molecular complexity index is 1000. The van der Waals surface area contributed by atoms with Crippen molar-refractivity contribution >= 4 is 17.0 Å². The fourth-order valence-corrected chi connectivity index (χ4v) is 4.10. The zero-order valence-corrected chi connectivity index (χ0v) is 14.3. The van der Waals surface area contributed by atoms with Gasteiger partial charge < -0.3 is 10.2 Å². The summed E-state index contributed by atoms with van der Waals surface area (Å²) in [6, 6.07) is 15.6. The summed E-state index contributed by atoms with van der Waals surface area (Å²) >= 11 is 1.64. The zero-order chi connectivity index (χ0) is 17.7. The van der Waals surface area contributed by atoms with Gasteiger partial charge in [0.15, 0.2) is 17.9 Å². The molecule has 1 N–H and O–H groups in total. The maximum absolute atomic E-state index is 13.8. The highest BCUT2D eigenvalue weighted by molar-refractivity contribution is 7.11. The molecule has 0 spiro atoms. The van der Waals surface area contributed by atoms with Crippen molar-refractivity contribution in [1.82, 2.24) is 10.4 Å². The Morgan fingerprint density at radius 3 is 2.69 bits per heavy atom. The van der Waals surface area contributed by atoms with Crippen LogP contribution in [0.4, 0.5) is 8.78 Å². The Hall–Kier alpha value is -2.70. The highest BCUT2D eigenvalue weighted by Crippen LogP contribution is 2.46. The molecule has 0 amide bonds. The maximum Gasteiger partial charge on any atom is 0.196 e. The number of para-hydroxylation sites is 1. The van der Waals surface area contributed by atoms with Crippen molar-refractivity contribution < 1.29 is 13.5 Å². The average Bonchev–Trinajstić information content (AvgIpc) is 3.33. The second-order valence-electron chi connectivity index (χ2n) is 6.20. The number of benzene rings is 2. The number of hydrogen-bond donors (Lipinski definition) is 1.